The van der Waals surface area contributed by atoms with E-state index in [2.05, 4.69) is 10.3 Å². The van der Waals surface area contributed by atoms with Gasteiger partial charge in [0.05, 0.1) is 0 Å². The largest absolute Gasteiger partial charge is 0.396 e. The molecule has 2 atom stereocenters. The maximum atomic E-state index is 12.8. The summed E-state index contributed by atoms with van der Waals surface area (Å²) >= 11 is 0. The molecule has 0 spiro atoms. The first-order valence-electron chi connectivity index (χ1n) is 5.76. The number of rotatable bonds is 4. The van der Waals surface area contributed by atoms with Gasteiger partial charge in [-0.15, -0.1) is 0 Å². The van der Waals surface area contributed by atoms with Crippen molar-refractivity contribution in [1.29, 1.82) is 0 Å². The van der Waals surface area contributed by atoms with Gasteiger partial charge in [0.25, 0.3) is 0 Å². The quantitative estimate of drug-likeness (QED) is 0.769. The van der Waals surface area contributed by atoms with E-state index in [4.69, 9.17) is 0 Å². The highest BCUT2D eigenvalue weighted by Gasteiger charge is 2.26. The van der Waals surface area contributed by atoms with E-state index in [1.165, 1.54) is 18.7 Å². The zero-order valence-corrected chi connectivity index (χ0v) is 9.19. The van der Waals surface area contributed by atoms with Crippen molar-refractivity contribution in [3.63, 3.8) is 0 Å². The second-order valence-corrected chi connectivity index (χ2v) is 4.38. The highest BCUT2D eigenvalue weighted by Crippen LogP contribution is 2.31. The molecule has 2 rings (SSSR count). The summed E-state index contributed by atoms with van der Waals surface area (Å²) in [5.41, 5.74) is 0.760. The van der Waals surface area contributed by atoms with Gasteiger partial charge in [0, 0.05) is 31.1 Å². The van der Waals surface area contributed by atoms with Crippen molar-refractivity contribution < 1.29 is 9.50 Å². The number of hydrogen-bond acceptors (Lipinski definition) is 3. The zero-order chi connectivity index (χ0) is 11.4. The topological polar surface area (TPSA) is 45.1 Å². The van der Waals surface area contributed by atoms with Gasteiger partial charge in [0.15, 0.2) is 0 Å². The van der Waals surface area contributed by atoms with Crippen LogP contribution in [0.2, 0.25) is 0 Å². The number of halogens is 1. The Kier molecular flexibility index (Phi) is 3.72. The predicted octanol–water partition coefficient (Wildman–Crippen LogP) is 2.04. The van der Waals surface area contributed by atoms with Crippen LogP contribution < -0.4 is 5.32 Å². The SMILES string of the molecule is OCC1CCCC1CNc1ccnc(F)c1. The summed E-state index contributed by atoms with van der Waals surface area (Å²) in [6, 6.07) is 3.15. The Bertz CT molecular complexity index is 346. The Morgan fingerprint density at radius 3 is 3.00 bits per heavy atom. The summed E-state index contributed by atoms with van der Waals surface area (Å²) in [7, 11) is 0. The first-order valence-corrected chi connectivity index (χ1v) is 5.76. The minimum absolute atomic E-state index is 0.261. The van der Waals surface area contributed by atoms with Gasteiger partial charge in [-0.3, -0.25) is 0 Å². The molecule has 0 bridgehead atoms. The second kappa shape index (κ2) is 5.25. The Balaban J connectivity index is 1.87. The first-order chi connectivity index (χ1) is 7.79. The van der Waals surface area contributed by atoms with Crippen LogP contribution in [-0.4, -0.2) is 23.2 Å². The van der Waals surface area contributed by atoms with E-state index in [-0.39, 0.29) is 6.61 Å². The van der Waals surface area contributed by atoms with E-state index in [1.807, 2.05) is 0 Å². The molecule has 3 nitrogen and oxygen atoms in total. The molecular formula is C12H17FN2O. The third-order valence-electron chi connectivity index (χ3n) is 3.35. The smallest absolute Gasteiger partial charge is 0.214 e. The maximum Gasteiger partial charge on any atom is 0.214 e. The number of nitrogens with one attached hydrogen (secondary N) is 1. The average Bonchev–Trinajstić information content (AvgIpc) is 2.74. The summed E-state index contributed by atoms with van der Waals surface area (Å²) in [6.45, 7) is 1.06. The molecular weight excluding hydrogens is 207 g/mol. The molecule has 1 aliphatic carbocycles. The lowest BCUT2D eigenvalue weighted by Crippen LogP contribution is -2.20. The van der Waals surface area contributed by atoms with Crippen molar-refractivity contribution in [2.45, 2.75) is 19.3 Å². The zero-order valence-electron chi connectivity index (χ0n) is 9.19. The van der Waals surface area contributed by atoms with E-state index in [0.717, 1.165) is 25.1 Å². The van der Waals surface area contributed by atoms with Gasteiger partial charge in [0.1, 0.15) is 0 Å². The summed E-state index contributed by atoms with van der Waals surface area (Å²) in [5.74, 6) is 0.440. The number of aliphatic hydroxyl groups is 1. The molecule has 88 valence electrons. The summed E-state index contributed by atoms with van der Waals surface area (Å²) in [5, 5.41) is 12.4. The molecule has 1 fully saturated rings. The standard InChI is InChI=1S/C12H17FN2O/c13-12-6-11(4-5-14-12)15-7-9-2-1-3-10(9)8-16/h4-6,9-10,16H,1-3,7-8H2,(H,14,15). The lowest BCUT2D eigenvalue weighted by molar-refractivity contribution is 0.199. The maximum absolute atomic E-state index is 12.8. The van der Waals surface area contributed by atoms with Gasteiger partial charge in [0.2, 0.25) is 5.95 Å². The fourth-order valence-corrected chi connectivity index (χ4v) is 2.38. The molecule has 2 unspecified atom stereocenters. The summed E-state index contributed by atoms with van der Waals surface area (Å²) in [6.07, 6.45) is 4.89. The molecule has 1 aliphatic rings. The molecule has 1 saturated carbocycles. The minimum atomic E-state index is -0.463. The fraction of sp³-hybridized carbons (Fsp3) is 0.583. The van der Waals surface area contributed by atoms with Crippen LogP contribution in [0.1, 0.15) is 19.3 Å². The van der Waals surface area contributed by atoms with E-state index in [9.17, 15) is 9.50 Å². The number of pyridine rings is 1. The minimum Gasteiger partial charge on any atom is -0.396 e. The van der Waals surface area contributed by atoms with Crippen molar-refractivity contribution in [1.82, 2.24) is 4.98 Å². The molecule has 0 amide bonds. The number of nitrogens with zero attached hydrogens (tertiary/aromatic N) is 1. The Hall–Kier alpha value is -1.16. The molecule has 4 heteroatoms. The summed E-state index contributed by atoms with van der Waals surface area (Å²) < 4.78 is 12.8. The summed E-state index contributed by atoms with van der Waals surface area (Å²) in [4.78, 5) is 3.50. The van der Waals surface area contributed by atoms with E-state index in [0.29, 0.717) is 11.8 Å². The van der Waals surface area contributed by atoms with Gasteiger partial charge < -0.3 is 10.4 Å². The van der Waals surface area contributed by atoms with Crippen LogP contribution in [0.15, 0.2) is 18.3 Å². The van der Waals surface area contributed by atoms with Gasteiger partial charge in [-0.25, -0.2) is 4.98 Å². The Morgan fingerprint density at radius 2 is 2.25 bits per heavy atom. The van der Waals surface area contributed by atoms with Gasteiger partial charge in [-0.05, 0) is 30.7 Å². The molecule has 1 aromatic heterocycles. The number of aliphatic hydroxyl groups excluding tert-OH is 1. The van der Waals surface area contributed by atoms with E-state index >= 15 is 0 Å². The first kappa shape index (κ1) is 11.3. The fourth-order valence-electron chi connectivity index (χ4n) is 2.38. The van der Waals surface area contributed by atoms with Crippen LogP contribution in [-0.2, 0) is 0 Å². The highest BCUT2D eigenvalue weighted by atomic mass is 19.1. The Labute approximate surface area is 94.7 Å². The molecule has 1 heterocycles. The number of aromatic nitrogens is 1. The lowest BCUT2D eigenvalue weighted by Gasteiger charge is -2.18. The van der Waals surface area contributed by atoms with Crippen molar-refractivity contribution in [3.05, 3.63) is 24.3 Å². The molecule has 0 saturated heterocycles. The van der Waals surface area contributed by atoms with Crippen molar-refractivity contribution in [2.24, 2.45) is 11.8 Å². The van der Waals surface area contributed by atoms with Crippen LogP contribution in [0.4, 0.5) is 10.1 Å². The van der Waals surface area contributed by atoms with E-state index < -0.39 is 5.95 Å². The van der Waals surface area contributed by atoms with Crippen molar-refractivity contribution >= 4 is 5.69 Å². The monoisotopic (exact) mass is 224 g/mol. The Morgan fingerprint density at radius 1 is 1.44 bits per heavy atom. The average molecular weight is 224 g/mol. The van der Waals surface area contributed by atoms with Crippen molar-refractivity contribution in [2.75, 3.05) is 18.5 Å². The van der Waals surface area contributed by atoms with Gasteiger partial charge in [-0.1, -0.05) is 6.42 Å². The normalized spacial score (nSPS) is 24.6. The second-order valence-electron chi connectivity index (χ2n) is 4.38. The predicted molar refractivity (Wildman–Crippen MR) is 60.6 cm³/mol. The van der Waals surface area contributed by atoms with Crippen LogP contribution >= 0.6 is 0 Å². The van der Waals surface area contributed by atoms with Crippen LogP contribution in [0.25, 0.3) is 0 Å². The van der Waals surface area contributed by atoms with E-state index in [1.54, 1.807) is 6.07 Å². The molecule has 0 aromatic carbocycles. The lowest BCUT2D eigenvalue weighted by atomic mass is 9.97. The molecule has 1 aromatic rings. The molecule has 2 N–H and O–H groups in total. The van der Waals surface area contributed by atoms with Crippen LogP contribution in [0, 0.1) is 17.8 Å². The molecule has 16 heavy (non-hydrogen) atoms. The third kappa shape index (κ3) is 2.70. The highest BCUT2D eigenvalue weighted by molar-refractivity contribution is 5.41. The van der Waals surface area contributed by atoms with Crippen molar-refractivity contribution in [3.8, 4) is 0 Å². The van der Waals surface area contributed by atoms with Crippen LogP contribution in [0.3, 0.4) is 0 Å². The van der Waals surface area contributed by atoms with Crippen LogP contribution in [0.5, 0.6) is 0 Å². The van der Waals surface area contributed by atoms with Gasteiger partial charge >= 0.3 is 0 Å². The molecule has 0 radical (unpaired) electrons. The third-order valence-corrected chi connectivity index (χ3v) is 3.35. The number of hydrogen-bond donors (Lipinski definition) is 2. The molecule has 0 aliphatic heterocycles. The van der Waals surface area contributed by atoms with Gasteiger partial charge in [-0.2, -0.15) is 4.39 Å². The number of anilines is 1.